The second kappa shape index (κ2) is 8.26. The molecular formula is C23H32N2O3. The van der Waals surface area contributed by atoms with Crippen LogP contribution in [0.1, 0.15) is 38.2 Å². The van der Waals surface area contributed by atoms with E-state index in [0.717, 1.165) is 44.8 Å². The monoisotopic (exact) mass is 384 g/mol. The topological polar surface area (TPSA) is 50.8 Å². The Hall–Kier alpha value is -1.85. The zero-order valence-electron chi connectivity index (χ0n) is 17.0. The number of amides is 1. The molecule has 0 radical (unpaired) electrons. The maximum absolute atomic E-state index is 11.9. The summed E-state index contributed by atoms with van der Waals surface area (Å²) in [6, 6.07) is 8.13. The molecule has 3 aliphatic rings. The number of ether oxygens (including phenoxy) is 2. The number of likely N-dealkylation sites (tertiary alicyclic amines) is 1. The van der Waals surface area contributed by atoms with Crippen LogP contribution in [-0.4, -0.2) is 55.8 Å². The van der Waals surface area contributed by atoms with E-state index in [9.17, 15) is 4.79 Å². The van der Waals surface area contributed by atoms with Gasteiger partial charge in [-0.25, -0.2) is 0 Å². The predicted octanol–water partition coefficient (Wildman–Crippen LogP) is 3.10. The molecule has 0 saturated carbocycles. The Balaban J connectivity index is 1.32. The van der Waals surface area contributed by atoms with Crippen LogP contribution >= 0.6 is 0 Å². The number of rotatable bonds is 8. The lowest BCUT2D eigenvalue weighted by atomic mass is 9.73. The molecule has 4 rings (SSSR count). The van der Waals surface area contributed by atoms with Crippen LogP contribution in [0.3, 0.4) is 0 Å². The van der Waals surface area contributed by atoms with E-state index in [4.69, 9.17) is 9.47 Å². The molecule has 1 N–H and O–H groups in total. The van der Waals surface area contributed by atoms with Gasteiger partial charge in [0, 0.05) is 44.4 Å². The molecule has 3 fully saturated rings. The zero-order valence-corrected chi connectivity index (χ0v) is 17.0. The fraction of sp³-hybridized carbons (Fsp3) is 0.609. The van der Waals surface area contributed by atoms with Crippen molar-refractivity contribution in [3.8, 4) is 5.75 Å². The van der Waals surface area contributed by atoms with Gasteiger partial charge in [-0.05, 0) is 37.0 Å². The number of carbonyl (C=O) groups excluding carboxylic acids is 1. The van der Waals surface area contributed by atoms with E-state index in [-0.39, 0.29) is 11.5 Å². The normalized spacial score (nSPS) is 31.4. The second-order valence-corrected chi connectivity index (χ2v) is 8.45. The van der Waals surface area contributed by atoms with Gasteiger partial charge in [-0.15, -0.1) is 0 Å². The first-order valence-electron chi connectivity index (χ1n) is 10.6. The maximum Gasteiger partial charge on any atom is 0.219 e. The lowest BCUT2D eigenvalue weighted by Gasteiger charge is -2.29. The molecule has 1 spiro atoms. The first kappa shape index (κ1) is 19.5. The molecule has 3 heterocycles. The Kier molecular flexibility index (Phi) is 5.74. The molecule has 152 valence electrons. The molecule has 3 saturated heterocycles. The molecule has 0 unspecified atom stereocenters. The molecule has 0 aliphatic carbocycles. The number of fused-ring (bicyclic) bond motifs is 1. The second-order valence-electron chi connectivity index (χ2n) is 8.45. The van der Waals surface area contributed by atoms with Gasteiger partial charge in [0.1, 0.15) is 5.75 Å². The number of carbonyl (C=O) groups is 1. The highest BCUT2D eigenvalue weighted by Gasteiger charge is 2.62. The lowest BCUT2D eigenvalue weighted by molar-refractivity contribution is -0.121. The van der Waals surface area contributed by atoms with Crippen LogP contribution < -0.4 is 10.1 Å². The number of nitrogens with one attached hydrogen (secondary N) is 1. The molecule has 0 aromatic heterocycles. The van der Waals surface area contributed by atoms with Gasteiger partial charge in [0.15, 0.2) is 0 Å². The summed E-state index contributed by atoms with van der Waals surface area (Å²) in [7, 11) is 1.69. The van der Waals surface area contributed by atoms with Crippen LogP contribution in [-0.2, 0) is 9.53 Å². The largest absolute Gasteiger partial charge is 0.497 e. The third-order valence-corrected chi connectivity index (χ3v) is 6.66. The summed E-state index contributed by atoms with van der Waals surface area (Å²) < 4.78 is 11.7. The standard InChI is InChI=1S/C23H32N2O3/c1-3-5-22(26)24-14-19-20-15-25(16-23(20)12-11-21(19)28-23)13-4-6-17-7-9-18(27-2)10-8-17/h4,6-10,19-21H,3,5,11-16H2,1-2H3,(H,24,26)/t19-,20+,21+,23+/m0/s1. The van der Waals surface area contributed by atoms with Gasteiger partial charge in [0.2, 0.25) is 5.91 Å². The maximum atomic E-state index is 11.9. The van der Waals surface area contributed by atoms with E-state index in [1.165, 1.54) is 12.0 Å². The fourth-order valence-corrected chi connectivity index (χ4v) is 5.30. The highest BCUT2D eigenvalue weighted by atomic mass is 16.5. The van der Waals surface area contributed by atoms with Crippen molar-refractivity contribution in [3.63, 3.8) is 0 Å². The minimum atomic E-state index is 0.0266. The van der Waals surface area contributed by atoms with Gasteiger partial charge >= 0.3 is 0 Å². The van der Waals surface area contributed by atoms with E-state index in [1.807, 2.05) is 19.1 Å². The van der Waals surface area contributed by atoms with Crippen LogP contribution in [0.4, 0.5) is 0 Å². The Bertz CT molecular complexity index is 717. The van der Waals surface area contributed by atoms with Gasteiger partial charge in [-0.1, -0.05) is 31.2 Å². The van der Waals surface area contributed by atoms with Crippen LogP contribution in [0.5, 0.6) is 5.75 Å². The minimum absolute atomic E-state index is 0.0266. The molecule has 5 nitrogen and oxygen atoms in total. The van der Waals surface area contributed by atoms with Crippen molar-refractivity contribution in [2.24, 2.45) is 11.8 Å². The van der Waals surface area contributed by atoms with E-state index in [1.54, 1.807) is 7.11 Å². The smallest absolute Gasteiger partial charge is 0.219 e. The van der Waals surface area contributed by atoms with E-state index < -0.39 is 0 Å². The van der Waals surface area contributed by atoms with Gasteiger partial charge in [0.05, 0.1) is 18.8 Å². The Labute approximate surface area is 168 Å². The Morgan fingerprint density at radius 1 is 1.39 bits per heavy atom. The van der Waals surface area contributed by atoms with Crippen molar-refractivity contribution in [1.82, 2.24) is 10.2 Å². The summed E-state index contributed by atoms with van der Waals surface area (Å²) in [5.74, 6) is 2.07. The van der Waals surface area contributed by atoms with Crippen molar-refractivity contribution >= 4 is 12.0 Å². The number of methoxy groups -OCH3 is 1. The molecule has 1 aromatic rings. The minimum Gasteiger partial charge on any atom is -0.497 e. The van der Waals surface area contributed by atoms with E-state index in [2.05, 4.69) is 34.5 Å². The number of hydrogen-bond acceptors (Lipinski definition) is 4. The van der Waals surface area contributed by atoms with Crippen LogP contribution in [0, 0.1) is 11.8 Å². The van der Waals surface area contributed by atoms with Crippen molar-refractivity contribution < 1.29 is 14.3 Å². The van der Waals surface area contributed by atoms with Crippen LogP contribution in [0.15, 0.2) is 30.3 Å². The molecule has 28 heavy (non-hydrogen) atoms. The summed E-state index contributed by atoms with van der Waals surface area (Å²) in [6.45, 7) is 5.83. The summed E-state index contributed by atoms with van der Waals surface area (Å²) in [6.07, 6.45) is 8.58. The van der Waals surface area contributed by atoms with Gasteiger partial charge in [-0.3, -0.25) is 9.69 Å². The third-order valence-electron chi connectivity index (χ3n) is 6.66. The molecule has 1 aromatic carbocycles. The summed E-state index contributed by atoms with van der Waals surface area (Å²) in [5, 5.41) is 3.15. The highest BCUT2D eigenvalue weighted by Crippen LogP contribution is 2.54. The van der Waals surface area contributed by atoms with Gasteiger partial charge in [0.25, 0.3) is 0 Å². The highest BCUT2D eigenvalue weighted by molar-refractivity contribution is 5.75. The van der Waals surface area contributed by atoms with Crippen molar-refractivity contribution in [1.29, 1.82) is 0 Å². The Morgan fingerprint density at radius 2 is 2.21 bits per heavy atom. The van der Waals surface area contributed by atoms with Crippen molar-refractivity contribution in [3.05, 3.63) is 35.9 Å². The summed E-state index contributed by atoms with van der Waals surface area (Å²) in [5.41, 5.74) is 1.21. The molecule has 4 atom stereocenters. The van der Waals surface area contributed by atoms with Gasteiger partial charge < -0.3 is 14.8 Å². The SMILES string of the molecule is CCCC(=O)NC[C@H]1[C@H]2CN(CC=Cc3ccc(OC)cc3)C[C@]23CC[C@H]1O3. The number of nitrogens with zero attached hydrogens (tertiary/aromatic N) is 1. The van der Waals surface area contributed by atoms with Crippen LogP contribution in [0.25, 0.3) is 6.08 Å². The zero-order chi connectivity index (χ0) is 19.6. The number of hydrogen-bond donors (Lipinski definition) is 1. The lowest BCUT2D eigenvalue weighted by Crippen LogP contribution is -2.41. The van der Waals surface area contributed by atoms with Crippen molar-refractivity contribution in [2.75, 3.05) is 33.3 Å². The van der Waals surface area contributed by atoms with Crippen molar-refractivity contribution in [2.45, 2.75) is 44.3 Å². The first-order chi connectivity index (χ1) is 13.6. The molecule has 2 bridgehead atoms. The third kappa shape index (κ3) is 3.83. The quantitative estimate of drug-likeness (QED) is 0.748. The average molecular weight is 385 g/mol. The predicted molar refractivity (Wildman–Crippen MR) is 110 cm³/mol. The Morgan fingerprint density at radius 3 is 2.96 bits per heavy atom. The fourth-order valence-electron chi connectivity index (χ4n) is 5.30. The van der Waals surface area contributed by atoms with Crippen LogP contribution in [0.2, 0.25) is 0 Å². The summed E-state index contributed by atoms with van der Waals surface area (Å²) in [4.78, 5) is 14.4. The molecular weight excluding hydrogens is 352 g/mol. The van der Waals surface area contributed by atoms with Gasteiger partial charge in [-0.2, -0.15) is 0 Å². The first-order valence-corrected chi connectivity index (χ1v) is 10.6. The molecule has 5 heteroatoms. The number of benzene rings is 1. The molecule has 1 amide bonds. The van der Waals surface area contributed by atoms with E-state index in [0.29, 0.717) is 24.4 Å². The summed E-state index contributed by atoms with van der Waals surface area (Å²) >= 11 is 0. The average Bonchev–Trinajstić information content (AvgIpc) is 3.35. The van der Waals surface area contributed by atoms with E-state index >= 15 is 0 Å². The molecule has 3 aliphatic heterocycles.